The van der Waals surface area contributed by atoms with Crippen molar-refractivity contribution in [2.75, 3.05) is 14.2 Å². The highest BCUT2D eigenvalue weighted by atomic mass is 32.2. The summed E-state index contributed by atoms with van der Waals surface area (Å²) in [6.07, 6.45) is -2.19. The molecule has 7 atom stereocenters. The minimum Gasteiger partial charge on any atom is -0.387 e. The van der Waals surface area contributed by atoms with E-state index in [0.717, 1.165) is 4.90 Å². The predicted molar refractivity (Wildman–Crippen MR) is 93.2 cm³/mol. The summed E-state index contributed by atoms with van der Waals surface area (Å²) in [5.74, 6) is -2.26. The van der Waals surface area contributed by atoms with Crippen molar-refractivity contribution in [1.82, 2.24) is 0 Å². The first-order valence-corrected chi connectivity index (χ1v) is 9.22. The summed E-state index contributed by atoms with van der Waals surface area (Å²) in [7, 11) is 3.08. The molecule has 2 fully saturated rings. The molecule has 140 valence electrons. The third-order valence-corrected chi connectivity index (χ3v) is 6.24. The minimum atomic E-state index is -1.15. The van der Waals surface area contributed by atoms with Crippen molar-refractivity contribution in [2.45, 2.75) is 67.1 Å². The van der Waals surface area contributed by atoms with Crippen LogP contribution in [0.2, 0.25) is 0 Å². The van der Waals surface area contributed by atoms with E-state index < -0.39 is 35.3 Å². The van der Waals surface area contributed by atoms with Crippen molar-refractivity contribution >= 4 is 11.8 Å². The van der Waals surface area contributed by atoms with Gasteiger partial charge in [-0.2, -0.15) is 0 Å². The number of fused-ring (bicyclic) bond motifs is 1. The van der Waals surface area contributed by atoms with Gasteiger partial charge in [-0.05, 0) is 32.9 Å². The van der Waals surface area contributed by atoms with E-state index >= 15 is 0 Å². The molecule has 0 aliphatic carbocycles. The smallest absolute Gasteiger partial charge is 0.220 e. The first-order valence-electron chi connectivity index (χ1n) is 8.35. The molecule has 1 aromatic carbocycles. The van der Waals surface area contributed by atoms with Crippen LogP contribution in [0.1, 0.15) is 20.8 Å². The quantitative estimate of drug-likeness (QED) is 0.873. The molecule has 2 saturated heterocycles. The van der Waals surface area contributed by atoms with Crippen LogP contribution in [-0.2, 0) is 23.7 Å². The van der Waals surface area contributed by atoms with Crippen molar-refractivity contribution in [3.63, 3.8) is 0 Å². The fourth-order valence-electron chi connectivity index (χ4n) is 3.22. The van der Waals surface area contributed by atoms with Crippen LogP contribution in [-0.4, -0.2) is 60.8 Å². The Labute approximate surface area is 152 Å². The van der Waals surface area contributed by atoms with Gasteiger partial charge in [-0.25, -0.2) is 0 Å². The lowest BCUT2D eigenvalue weighted by Gasteiger charge is -2.56. The van der Waals surface area contributed by atoms with Crippen LogP contribution in [0.3, 0.4) is 0 Å². The number of thioether (sulfide) groups is 1. The van der Waals surface area contributed by atoms with Crippen LogP contribution >= 0.6 is 11.8 Å². The highest BCUT2D eigenvalue weighted by Gasteiger charge is 2.61. The van der Waals surface area contributed by atoms with Gasteiger partial charge in [0.25, 0.3) is 0 Å². The fraction of sp³-hybridized carbons (Fsp3) is 0.667. The second-order valence-corrected chi connectivity index (χ2v) is 7.77. The fourth-order valence-corrected chi connectivity index (χ4v) is 4.32. The van der Waals surface area contributed by atoms with E-state index in [-0.39, 0.29) is 6.10 Å². The summed E-state index contributed by atoms with van der Waals surface area (Å²) in [6.45, 7) is 5.42. The van der Waals surface area contributed by atoms with Gasteiger partial charge < -0.3 is 28.8 Å². The highest BCUT2D eigenvalue weighted by molar-refractivity contribution is 7.99. The number of rotatable bonds is 4. The van der Waals surface area contributed by atoms with Gasteiger partial charge in [-0.3, -0.25) is 0 Å². The number of methoxy groups -OCH3 is 2. The number of ether oxygens (including phenoxy) is 5. The van der Waals surface area contributed by atoms with Gasteiger partial charge in [0.1, 0.15) is 23.7 Å². The normalized spacial score (nSPS) is 44.3. The summed E-state index contributed by atoms with van der Waals surface area (Å²) < 4.78 is 29.4. The van der Waals surface area contributed by atoms with Crippen molar-refractivity contribution in [1.29, 1.82) is 0 Å². The lowest BCUT2D eigenvalue weighted by Crippen LogP contribution is -2.71. The molecular formula is C18H26O6S. The first-order chi connectivity index (χ1) is 11.8. The average Bonchev–Trinajstić information content (AvgIpc) is 2.62. The molecule has 7 heteroatoms. The Hall–Kier alpha value is -0.670. The number of hydrogen-bond donors (Lipinski definition) is 1. The van der Waals surface area contributed by atoms with Gasteiger partial charge in [0.2, 0.25) is 11.6 Å². The SMILES string of the molecule is CO[C@]1(C)O[C@@H]2[C@@H](O[C@@]1(C)OC)[C@@H](O)[C@H](Sc1ccccc1)O[C@H]2C. The van der Waals surface area contributed by atoms with Crippen LogP contribution < -0.4 is 0 Å². The van der Waals surface area contributed by atoms with Gasteiger partial charge in [-0.15, -0.1) is 0 Å². The van der Waals surface area contributed by atoms with Crippen molar-refractivity contribution in [2.24, 2.45) is 0 Å². The Kier molecular flexibility index (Phi) is 5.46. The molecule has 0 unspecified atom stereocenters. The topological polar surface area (TPSA) is 66.4 Å². The molecule has 2 heterocycles. The number of aliphatic hydroxyl groups is 1. The van der Waals surface area contributed by atoms with Crippen molar-refractivity contribution in [3.8, 4) is 0 Å². The van der Waals surface area contributed by atoms with E-state index in [4.69, 9.17) is 23.7 Å². The number of benzene rings is 1. The molecule has 0 saturated carbocycles. The van der Waals surface area contributed by atoms with Crippen LogP contribution in [0.5, 0.6) is 0 Å². The predicted octanol–water partition coefficient (Wildman–Crippen LogP) is 2.39. The summed E-state index contributed by atoms with van der Waals surface area (Å²) >= 11 is 1.47. The largest absolute Gasteiger partial charge is 0.387 e. The summed E-state index contributed by atoms with van der Waals surface area (Å²) in [4.78, 5) is 1.02. The lowest BCUT2D eigenvalue weighted by atomic mass is 9.95. The lowest BCUT2D eigenvalue weighted by molar-refractivity contribution is -0.468. The zero-order chi connectivity index (χ0) is 18.2. The molecule has 2 aliphatic heterocycles. The highest BCUT2D eigenvalue weighted by Crippen LogP contribution is 2.45. The molecule has 0 amide bonds. The number of hydrogen-bond acceptors (Lipinski definition) is 7. The van der Waals surface area contributed by atoms with E-state index in [9.17, 15) is 5.11 Å². The standard InChI is InChI=1S/C18H26O6S/c1-11-14-15(24-18(3,21-5)17(2,20-4)23-14)13(19)16(22-11)25-12-9-7-6-8-10-12/h6-11,13-16,19H,1-5H3/t11-,13+,14-,15-,16-,17+,18+/m0/s1. The summed E-state index contributed by atoms with van der Waals surface area (Å²) in [5.41, 5.74) is -0.463. The zero-order valence-corrected chi connectivity index (χ0v) is 16.0. The Morgan fingerprint density at radius 3 is 2.12 bits per heavy atom. The average molecular weight is 370 g/mol. The summed E-state index contributed by atoms with van der Waals surface area (Å²) in [6, 6.07) is 9.83. The molecule has 0 spiro atoms. The second-order valence-electron chi connectivity index (χ2n) is 6.60. The van der Waals surface area contributed by atoms with Crippen molar-refractivity contribution in [3.05, 3.63) is 30.3 Å². The second kappa shape index (κ2) is 7.15. The van der Waals surface area contributed by atoms with Gasteiger partial charge in [0, 0.05) is 19.1 Å². The number of aliphatic hydroxyl groups excluding tert-OH is 1. The van der Waals surface area contributed by atoms with E-state index in [1.54, 1.807) is 21.0 Å². The van der Waals surface area contributed by atoms with E-state index in [1.807, 2.05) is 37.3 Å². The molecular weight excluding hydrogens is 344 g/mol. The molecule has 0 bridgehead atoms. The molecule has 0 radical (unpaired) electrons. The third-order valence-electron chi connectivity index (χ3n) is 5.07. The molecule has 25 heavy (non-hydrogen) atoms. The van der Waals surface area contributed by atoms with Crippen LogP contribution in [0.4, 0.5) is 0 Å². The monoisotopic (exact) mass is 370 g/mol. The molecule has 6 nitrogen and oxygen atoms in total. The third kappa shape index (κ3) is 3.35. The molecule has 0 aromatic heterocycles. The molecule has 1 aromatic rings. The van der Waals surface area contributed by atoms with Gasteiger partial charge in [0.05, 0.1) is 6.10 Å². The Bertz CT molecular complexity index is 586. The summed E-state index contributed by atoms with van der Waals surface area (Å²) in [5, 5.41) is 10.9. The Morgan fingerprint density at radius 2 is 1.56 bits per heavy atom. The maximum Gasteiger partial charge on any atom is 0.220 e. The Morgan fingerprint density at radius 1 is 1.00 bits per heavy atom. The van der Waals surface area contributed by atoms with Gasteiger partial charge in [0.15, 0.2) is 0 Å². The van der Waals surface area contributed by atoms with Gasteiger partial charge in [-0.1, -0.05) is 30.0 Å². The molecule has 2 aliphatic rings. The maximum atomic E-state index is 10.9. The van der Waals surface area contributed by atoms with Crippen LogP contribution in [0.25, 0.3) is 0 Å². The van der Waals surface area contributed by atoms with Crippen molar-refractivity contribution < 1.29 is 28.8 Å². The van der Waals surface area contributed by atoms with Crippen LogP contribution in [0.15, 0.2) is 35.2 Å². The minimum absolute atomic E-state index is 0.273. The van der Waals surface area contributed by atoms with Gasteiger partial charge >= 0.3 is 0 Å². The van der Waals surface area contributed by atoms with E-state index in [2.05, 4.69) is 0 Å². The molecule has 3 rings (SSSR count). The van der Waals surface area contributed by atoms with Crippen LogP contribution in [0, 0.1) is 0 Å². The zero-order valence-electron chi connectivity index (χ0n) is 15.2. The van der Waals surface area contributed by atoms with E-state index in [0.29, 0.717) is 0 Å². The Balaban J connectivity index is 1.82. The first kappa shape index (κ1) is 19.1. The molecule has 1 N–H and O–H groups in total. The van der Waals surface area contributed by atoms with E-state index in [1.165, 1.54) is 18.9 Å². The maximum absolute atomic E-state index is 10.9.